The minimum absolute atomic E-state index is 0.0606. The molecule has 0 spiro atoms. The van der Waals surface area contributed by atoms with Gasteiger partial charge < -0.3 is 20.8 Å². The number of nitrogens with one attached hydrogen (secondary N) is 2. The summed E-state index contributed by atoms with van der Waals surface area (Å²) in [6, 6.07) is 0.0967. The van der Waals surface area contributed by atoms with Crippen LogP contribution in [0.2, 0.25) is 0 Å². The Bertz CT molecular complexity index is 728. The Balaban J connectivity index is 1.48. The summed E-state index contributed by atoms with van der Waals surface area (Å²) in [6.07, 6.45) is 9.56. The average molecular weight is 477 g/mol. The van der Waals surface area contributed by atoms with Gasteiger partial charge in [-0.25, -0.2) is 4.79 Å². The molecule has 0 aromatic rings. The molecule has 4 N–H and O–H groups in total. The van der Waals surface area contributed by atoms with Crippen molar-refractivity contribution in [3.63, 3.8) is 0 Å². The summed E-state index contributed by atoms with van der Waals surface area (Å²) in [5.41, 5.74) is 0.556. The first kappa shape index (κ1) is 26.3. The third-order valence-corrected chi connectivity index (χ3v) is 11.5. The number of hydrogen-bond acceptors (Lipinski definition) is 3. The van der Waals surface area contributed by atoms with Crippen molar-refractivity contribution in [2.24, 2.45) is 52.3 Å². The van der Waals surface area contributed by atoms with Crippen molar-refractivity contribution in [3.05, 3.63) is 0 Å². The van der Waals surface area contributed by atoms with Gasteiger partial charge in [0.1, 0.15) is 0 Å². The van der Waals surface area contributed by atoms with Gasteiger partial charge in [-0.3, -0.25) is 0 Å². The standard InChI is InChI=1S/C29H52N2O3/c1-7-20-24-16-19(32)10-13-29(24,6)23-11-14-28(5)21(8-9-22(28)25(23)26(20)33)18(4)12-15-30-27(34)31-17(2)3/h17-26,32-33H,7-16H2,1-6H3,(H2,30,31,34)/t18-,19-,20-,21-,22+,23+,24+,25+,26-,28-,29-/m1/s1. The van der Waals surface area contributed by atoms with E-state index in [2.05, 4.69) is 38.3 Å². The van der Waals surface area contributed by atoms with E-state index in [0.29, 0.717) is 41.4 Å². The minimum atomic E-state index is -0.224. The highest BCUT2D eigenvalue weighted by molar-refractivity contribution is 5.73. The fourth-order valence-corrected chi connectivity index (χ4v) is 9.86. The van der Waals surface area contributed by atoms with Crippen LogP contribution in [0.3, 0.4) is 0 Å². The Hall–Kier alpha value is -0.810. The third-order valence-electron chi connectivity index (χ3n) is 11.5. The fraction of sp³-hybridized carbons (Fsp3) is 0.966. The predicted molar refractivity (Wildman–Crippen MR) is 137 cm³/mol. The highest BCUT2D eigenvalue weighted by Gasteiger charge is 2.64. The lowest BCUT2D eigenvalue weighted by molar-refractivity contribution is -0.203. The number of hydrogen-bond donors (Lipinski definition) is 4. The quantitative estimate of drug-likeness (QED) is 0.417. The van der Waals surface area contributed by atoms with E-state index in [9.17, 15) is 15.0 Å². The van der Waals surface area contributed by atoms with E-state index >= 15 is 0 Å². The fourth-order valence-electron chi connectivity index (χ4n) is 9.86. The van der Waals surface area contributed by atoms with Crippen molar-refractivity contribution in [1.82, 2.24) is 10.6 Å². The van der Waals surface area contributed by atoms with E-state index in [4.69, 9.17) is 0 Å². The lowest BCUT2D eigenvalue weighted by atomic mass is 9.41. The van der Waals surface area contributed by atoms with Crippen LogP contribution < -0.4 is 10.6 Å². The number of aliphatic hydroxyl groups is 2. The van der Waals surface area contributed by atoms with Gasteiger partial charge in [0.25, 0.3) is 0 Å². The van der Waals surface area contributed by atoms with Crippen LogP contribution in [-0.2, 0) is 0 Å². The van der Waals surface area contributed by atoms with Crippen LogP contribution in [0.15, 0.2) is 0 Å². The molecule has 196 valence electrons. The van der Waals surface area contributed by atoms with Gasteiger partial charge in [0, 0.05) is 12.6 Å². The largest absolute Gasteiger partial charge is 0.393 e. The molecule has 34 heavy (non-hydrogen) atoms. The molecule has 0 saturated heterocycles. The van der Waals surface area contributed by atoms with Crippen molar-refractivity contribution in [3.8, 4) is 0 Å². The zero-order valence-electron chi connectivity index (χ0n) is 22.6. The number of aliphatic hydroxyl groups excluding tert-OH is 2. The van der Waals surface area contributed by atoms with Gasteiger partial charge >= 0.3 is 6.03 Å². The van der Waals surface area contributed by atoms with Crippen molar-refractivity contribution in [2.75, 3.05) is 6.54 Å². The predicted octanol–water partition coefficient (Wildman–Crippen LogP) is 5.35. The van der Waals surface area contributed by atoms with Crippen molar-refractivity contribution < 1.29 is 15.0 Å². The Morgan fingerprint density at radius 1 is 0.971 bits per heavy atom. The van der Waals surface area contributed by atoms with Gasteiger partial charge in [0.2, 0.25) is 0 Å². The van der Waals surface area contributed by atoms with Crippen molar-refractivity contribution in [1.29, 1.82) is 0 Å². The van der Waals surface area contributed by atoms with Gasteiger partial charge in [0.15, 0.2) is 0 Å². The molecule has 4 aliphatic rings. The lowest BCUT2D eigenvalue weighted by Gasteiger charge is -2.64. The molecular formula is C29H52N2O3. The first-order valence-electron chi connectivity index (χ1n) is 14.4. The SMILES string of the molecule is CC[C@H]1[C@@H](O)[C@@H]2[C@H](CC[C@]3(C)[C@@H]([C@H](C)CCNC(=O)NC(C)C)CC[C@@H]23)[C@@]2(C)CC[C@@H](O)C[C@@H]12. The van der Waals surface area contributed by atoms with Gasteiger partial charge in [-0.05, 0) is 117 Å². The molecule has 5 nitrogen and oxygen atoms in total. The number of fused-ring (bicyclic) bond motifs is 5. The first-order valence-corrected chi connectivity index (χ1v) is 14.4. The molecule has 0 aromatic heterocycles. The van der Waals surface area contributed by atoms with E-state index in [1.54, 1.807) is 0 Å². The molecule has 5 heteroatoms. The molecule has 0 radical (unpaired) electrons. The molecule has 4 saturated carbocycles. The van der Waals surface area contributed by atoms with Crippen molar-refractivity contribution in [2.45, 2.75) is 118 Å². The zero-order valence-corrected chi connectivity index (χ0v) is 22.6. The summed E-state index contributed by atoms with van der Waals surface area (Å²) >= 11 is 0. The zero-order chi connectivity index (χ0) is 24.8. The Kier molecular flexibility index (Phi) is 7.66. The highest BCUT2D eigenvalue weighted by Crippen LogP contribution is 2.69. The maximum Gasteiger partial charge on any atom is 0.314 e. The summed E-state index contributed by atoms with van der Waals surface area (Å²) in [7, 11) is 0. The van der Waals surface area contributed by atoms with Crippen LogP contribution in [-0.4, -0.2) is 41.0 Å². The van der Waals surface area contributed by atoms with Crippen LogP contribution >= 0.6 is 0 Å². The van der Waals surface area contributed by atoms with Crippen LogP contribution in [0, 0.1) is 52.3 Å². The first-order chi connectivity index (χ1) is 16.0. The minimum Gasteiger partial charge on any atom is -0.393 e. The number of urea groups is 1. The molecule has 0 unspecified atom stereocenters. The summed E-state index contributed by atoms with van der Waals surface area (Å²) in [5, 5.41) is 28.3. The molecule has 0 aliphatic heterocycles. The normalized spacial score (nSPS) is 46.9. The molecule has 2 amide bonds. The Morgan fingerprint density at radius 2 is 1.65 bits per heavy atom. The van der Waals surface area contributed by atoms with E-state index in [-0.39, 0.29) is 35.1 Å². The second-order valence-corrected chi connectivity index (χ2v) is 13.4. The number of rotatable bonds is 6. The number of amides is 2. The van der Waals surface area contributed by atoms with E-state index in [1.807, 2.05) is 13.8 Å². The summed E-state index contributed by atoms with van der Waals surface area (Å²) in [6.45, 7) is 14.4. The maximum absolute atomic E-state index is 12.0. The van der Waals surface area contributed by atoms with Gasteiger partial charge in [-0.1, -0.05) is 34.1 Å². The molecule has 11 atom stereocenters. The van der Waals surface area contributed by atoms with E-state index in [1.165, 1.54) is 25.7 Å². The molecular weight excluding hydrogens is 424 g/mol. The topological polar surface area (TPSA) is 81.6 Å². The molecule has 4 fully saturated rings. The summed E-state index contributed by atoms with van der Waals surface area (Å²) < 4.78 is 0. The van der Waals surface area contributed by atoms with E-state index < -0.39 is 0 Å². The summed E-state index contributed by atoms with van der Waals surface area (Å²) in [5.74, 6) is 3.62. The molecule has 0 bridgehead atoms. The molecule has 4 aliphatic carbocycles. The second-order valence-electron chi connectivity index (χ2n) is 13.4. The maximum atomic E-state index is 12.0. The Morgan fingerprint density at radius 3 is 2.32 bits per heavy atom. The average Bonchev–Trinajstić information content (AvgIpc) is 3.12. The van der Waals surface area contributed by atoms with Crippen LogP contribution in [0.5, 0.6) is 0 Å². The summed E-state index contributed by atoms with van der Waals surface area (Å²) in [4.78, 5) is 12.0. The number of carbonyl (C=O) groups excluding carboxylic acids is 1. The monoisotopic (exact) mass is 476 g/mol. The second kappa shape index (κ2) is 9.92. The molecule has 0 heterocycles. The Labute approximate surface area is 208 Å². The number of carbonyl (C=O) groups is 1. The van der Waals surface area contributed by atoms with Crippen LogP contribution in [0.4, 0.5) is 4.79 Å². The van der Waals surface area contributed by atoms with Gasteiger partial charge in [-0.2, -0.15) is 0 Å². The highest BCUT2D eigenvalue weighted by atomic mass is 16.3. The van der Waals surface area contributed by atoms with Crippen molar-refractivity contribution >= 4 is 6.03 Å². The van der Waals surface area contributed by atoms with Gasteiger partial charge in [-0.15, -0.1) is 0 Å². The molecule has 0 aromatic carbocycles. The van der Waals surface area contributed by atoms with Crippen LogP contribution in [0.25, 0.3) is 0 Å². The third kappa shape index (κ3) is 4.42. The smallest absolute Gasteiger partial charge is 0.314 e. The lowest BCUT2D eigenvalue weighted by Crippen LogP contribution is -2.62. The molecule has 4 rings (SSSR count). The van der Waals surface area contributed by atoms with Gasteiger partial charge in [0.05, 0.1) is 12.2 Å². The van der Waals surface area contributed by atoms with Crippen LogP contribution in [0.1, 0.15) is 99.3 Å². The van der Waals surface area contributed by atoms with E-state index in [0.717, 1.165) is 38.6 Å².